The molecule has 1 heterocycles. The lowest BCUT2D eigenvalue weighted by molar-refractivity contribution is -0.133. The number of aryl methyl sites for hydroxylation is 1. The highest BCUT2D eigenvalue weighted by Gasteiger charge is 2.35. The normalized spacial score (nSPS) is 19.0. The van der Waals surface area contributed by atoms with Gasteiger partial charge in [-0.2, -0.15) is 0 Å². The minimum Gasteiger partial charge on any atom is -0.353 e. The molecule has 1 aromatic carbocycles. The Labute approximate surface area is 131 Å². The van der Waals surface area contributed by atoms with Gasteiger partial charge in [-0.15, -0.1) is 0 Å². The highest BCUT2D eigenvalue weighted by Crippen LogP contribution is 2.31. The molecule has 0 spiro atoms. The predicted octanol–water partition coefficient (Wildman–Crippen LogP) is 2.05. The number of benzene rings is 1. The van der Waals surface area contributed by atoms with Crippen LogP contribution in [0.3, 0.4) is 0 Å². The highest BCUT2D eigenvalue weighted by atomic mass is 16.2. The lowest BCUT2D eigenvalue weighted by Crippen LogP contribution is -2.47. The number of amides is 2. The molecule has 1 aliphatic heterocycles. The molecule has 1 saturated carbocycles. The van der Waals surface area contributed by atoms with Crippen molar-refractivity contribution in [3.05, 3.63) is 35.4 Å². The summed E-state index contributed by atoms with van der Waals surface area (Å²) in [6.07, 6.45) is 4.30. The minimum absolute atomic E-state index is 0.0811. The zero-order chi connectivity index (χ0) is 15.5. The van der Waals surface area contributed by atoms with Gasteiger partial charge in [0.1, 0.15) is 0 Å². The molecule has 3 rings (SSSR count). The van der Waals surface area contributed by atoms with Crippen LogP contribution in [0.5, 0.6) is 0 Å². The first kappa shape index (κ1) is 15.1. The van der Waals surface area contributed by atoms with Gasteiger partial charge in [0.05, 0.1) is 6.42 Å². The fourth-order valence-electron chi connectivity index (χ4n) is 3.12. The molecular weight excluding hydrogens is 276 g/mol. The number of hydrogen-bond donors (Lipinski definition) is 1. The van der Waals surface area contributed by atoms with Gasteiger partial charge in [-0.3, -0.25) is 9.59 Å². The van der Waals surface area contributed by atoms with Gasteiger partial charge < -0.3 is 10.2 Å². The second kappa shape index (κ2) is 6.51. The Morgan fingerprint density at radius 1 is 1.18 bits per heavy atom. The van der Waals surface area contributed by atoms with Gasteiger partial charge in [-0.05, 0) is 38.2 Å². The van der Waals surface area contributed by atoms with Crippen LogP contribution in [-0.4, -0.2) is 35.8 Å². The lowest BCUT2D eigenvalue weighted by atomic mass is 10.0. The van der Waals surface area contributed by atoms with Crippen LogP contribution in [0.4, 0.5) is 0 Å². The van der Waals surface area contributed by atoms with Gasteiger partial charge in [-0.25, -0.2) is 0 Å². The maximum Gasteiger partial charge on any atom is 0.225 e. The van der Waals surface area contributed by atoms with Crippen LogP contribution >= 0.6 is 0 Å². The number of likely N-dealkylation sites (tertiary alicyclic amines) is 1. The number of nitrogens with zero attached hydrogens (tertiary/aromatic N) is 1. The standard InChI is InChI=1S/C18H24N2O2/c1-13-3-2-4-14(11-13)12-17(21)19-16-7-9-20(10-8-16)18(22)15-5-6-15/h2-4,11,15-16H,5-10,12H2,1H3,(H,19,21). The summed E-state index contributed by atoms with van der Waals surface area (Å²) in [5.41, 5.74) is 2.23. The monoisotopic (exact) mass is 300 g/mol. The summed E-state index contributed by atoms with van der Waals surface area (Å²) >= 11 is 0. The number of carbonyl (C=O) groups is 2. The fourth-order valence-corrected chi connectivity index (χ4v) is 3.12. The van der Waals surface area contributed by atoms with E-state index in [-0.39, 0.29) is 11.9 Å². The lowest BCUT2D eigenvalue weighted by Gasteiger charge is -2.32. The first-order valence-corrected chi connectivity index (χ1v) is 8.25. The summed E-state index contributed by atoms with van der Waals surface area (Å²) in [4.78, 5) is 26.1. The quantitative estimate of drug-likeness (QED) is 0.925. The molecule has 0 bridgehead atoms. The Morgan fingerprint density at radius 3 is 2.55 bits per heavy atom. The zero-order valence-corrected chi connectivity index (χ0v) is 13.2. The van der Waals surface area contributed by atoms with Crippen LogP contribution in [0.2, 0.25) is 0 Å². The molecule has 22 heavy (non-hydrogen) atoms. The first-order chi connectivity index (χ1) is 10.6. The largest absolute Gasteiger partial charge is 0.353 e. The van der Waals surface area contributed by atoms with Crippen LogP contribution in [-0.2, 0) is 16.0 Å². The third-order valence-corrected chi connectivity index (χ3v) is 4.55. The average Bonchev–Trinajstić information content (AvgIpc) is 3.32. The number of carbonyl (C=O) groups excluding carboxylic acids is 2. The third kappa shape index (κ3) is 3.87. The maximum absolute atomic E-state index is 12.1. The molecule has 0 atom stereocenters. The van der Waals surface area contributed by atoms with Gasteiger partial charge in [-0.1, -0.05) is 29.8 Å². The summed E-state index contributed by atoms with van der Waals surface area (Å²) in [6, 6.07) is 8.27. The number of nitrogens with one attached hydrogen (secondary N) is 1. The molecule has 1 saturated heterocycles. The van der Waals surface area contributed by atoms with Crippen LogP contribution in [0, 0.1) is 12.8 Å². The summed E-state index contributed by atoms with van der Waals surface area (Å²) in [6.45, 7) is 3.60. The highest BCUT2D eigenvalue weighted by molar-refractivity contribution is 5.81. The second-order valence-electron chi connectivity index (χ2n) is 6.61. The van der Waals surface area contributed by atoms with Crippen molar-refractivity contribution in [3.63, 3.8) is 0 Å². The van der Waals surface area contributed by atoms with Crippen LogP contribution in [0.15, 0.2) is 24.3 Å². The van der Waals surface area contributed by atoms with E-state index in [1.165, 1.54) is 5.56 Å². The van der Waals surface area contributed by atoms with Gasteiger partial charge >= 0.3 is 0 Å². The maximum atomic E-state index is 12.1. The Balaban J connectivity index is 1.44. The Morgan fingerprint density at radius 2 is 1.91 bits per heavy atom. The van der Waals surface area contributed by atoms with Crippen molar-refractivity contribution in [1.82, 2.24) is 10.2 Å². The summed E-state index contributed by atoms with van der Waals surface area (Å²) in [5.74, 6) is 0.703. The van der Waals surface area contributed by atoms with Gasteiger partial charge in [0.2, 0.25) is 11.8 Å². The topological polar surface area (TPSA) is 49.4 Å². The molecule has 0 radical (unpaired) electrons. The van der Waals surface area contributed by atoms with Gasteiger partial charge in [0.25, 0.3) is 0 Å². The number of hydrogen-bond acceptors (Lipinski definition) is 2. The van der Waals surface area contributed by atoms with E-state index in [1.54, 1.807) is 0 Å². The summed E-state index contributed by atoms with van der Waals surface area (Å²) in [7, 11) is 0. The predicted molar refractivity (Wildman–Crippen MR) is 85.4 cm³/mol. The van der Waals surface area contributed by atoms with Crippen LogP contribution in [0.1, 0.15) is 36.8 Å². The average molecular weight is 300 g/mol. The fraction of sp³-hybridized carbons (Fsp3) is 0.556. The van der Waals surface area contributed by atoms with Crippen molar-refractivity contribution in [3.8, 4) is 0 Å². The second-order valence-corrected chi connectivity index (χ2v) is 6.61. The van der Waals surface area contributed by atoms with Crippen molar-refractivity contribution < 1.29 is 9.59 Å². The molecule has 1 aliphatic carbocycles. The third-order valence-electron chi connectivity index (χ3n) is 4.55. The van der Waals surface area contributed by atoms with E-state index in [0.717, 1.165) is 44.3 Å². The molecule has 0 unspecified atom stereocenters. The van der Waals surface area contributed by atoms with Crippen molar-refractivity contribution in [2.45, 2.75) is 45.1 Å². The van der Waals surface area contributed by atoms with Crippen molar-refractivity contribution in [2.75, 3.05) is 13.1 Å². The van der Waals surface area contributed by atoms with E-state index in [9.17, 15) is 9.59 Å². The van der Waals surface area contributed by atoms with Gasteiger partial charge in [0, 0.05) is 25.0 Å². The molecule has 0 aromatic heterocycles. The first-order valence-electron chi connectivity index (χ1n) is 8.25. The molecule has 1 aromatic rings. The van der Waals surface area contributed by atoms with E-state index >= 15 is 0 Å². The molecular formula is C18H24N2O2. The molecule has 118 valence electrons. The van der Waals surface area contributed by atoms with Crippen molar-refractivity contribution in [2.24, 2.45) is 5.92 Å². The van der Waals surface area contributed by atoms with E-state index in [2.05, 4.69) is 11.4 Å². The molecule has 2 amide bonds. The van der Waals surface area contributed by atoms with E-state index < -0.39 is 0 Å². The van der Waals surface area contributed by atoms with Crippen LogP contribution < -0.4 is 5.32 Å². The van der Waals surface area contributed by atoms with E-state index in [0.29, 0.717) is 18.2 Å². The van der Waals surface area contributed by atoms with E-state index in [4.69, 9.17) is 0 Å². The Bertz CT molecular complexity index is 558. The molecule has 2 fully saturated rings. The number of rotatable bonds is 4. The molecule has 4 nitrogen and oxygen atoms in total. The van der Waals surface area contributed by atoms with Gasteiger partial charge in [0.15, 0.2) is 0 Å². The van der Waals surface area contributed by atoms with Crippen molar-refractivity contribution in [1.29, 1.82) is 0 Å². The zero-order valence-electron chi connectivity index (χ0n) is 13.2. The molecule has 1 N–H and O–H groups in total. The smallest absolute Gasteiger partial charge is 0.225 e. The number of piperidine rings is 1. The minimum atomic E-state index is 0.0811. The molecule has 4 heteroatoms. The molecule has 2 aliphatic rings. The van der Waals surface area contributed by atoms with E-state index in [1.807, 2.05) is 30.0 Å². The van der Waals surface area contributed by atoms with Crippen LogP contribution in [0.25, 0.3) is 0 Å². The summed E-state index contributed by atoms with van der Waals surface area (Å²) in [5, 5.41) is 3.11. The van der Waals surface area contributed by atoms with Crippen molar-refractivity contribution >= 4 is 11.8 Å². The summed E-state index contributed by atoms with van der Waals surface area (Å²) < 4.78 is 0. The Kier molecular flexibility index (Phi) is 4.46. The SMILES string of the molecule is Cc1cccc(CC(=O)NC2CCN(C(=O)C3CC3)CC2)c1. The Hall–Kier alpha value is -1.84.